The molecule has 0 radical (unpaired) electrons. The van der Waals surface area contributed by atoms with Gasteiger partial charge in [0.05, 0.1) is 5.69 Å². The van der Waals surface area contributed by atoms with Gasteiger partial charge in [-0.25, -0.2) is 4.98 Å². The molecule has 0 bridgehead atoms. The Balaban J connectivity index is 1.49. The van der Waals surface area contributed by atoms with E-state index in [0.717, 1.165) is 29.6 Å². The molecule has 124 valence electrons. The Morgan fingerprint density at radius 2 is 2.33 bits per heavy atom. The zero-order chi connectivity index (χ0) is 16.7. The Labute approximate surface area is 148 Å². The molecule has 5 nitrogen and oxygen atoms in total. The summed E-state index contributed by atoms with van der Waals surface area (Å²) in [5, 5.41) is 4.30. The van der Waals surface area contributed by atoms with Crippen LogP contribution < -0.4 is 5.73 Å². The van der Waals surface area contributed by atoms with Gasteiger partial charge in [-0.1, -0.05) is 11.6 Å². The van der Waals surface area contributed by atoms with Crippen molar-refractivity contribution in [3.05, 3.63) is 45.6 Å². The van der Waals surface area contributed by atoms with Crippen molar-refractivity contribution in [3.63, 3.8) is 0 Å². The molecular weight excluding hydrogens is 344 g/mol. The molecule has 7 heteroatoms. The molecule has 3 aromatic rings. The minimum Gasteiger partial charge on any atom is -0.375 e. The molecule has 24 heavy (non-hydrogen) atoms. The number of nitrogens with one attached hydrogen (secondary N) is 1. The number of aryl methyl sites for hydroxylation is 1. The first-order valence-electron chi connectivity index (χ1n) is 7.87. The second kappa shape index (κ2) is 6.11. The fourth-order valence-electron chi connectivity index (χ4n) is 3.23. The van der Waals surface area contributed by atoms with Gasteiger partial charge in [-0.05, 0) is 24.6 Å². The van der Waals surface area contributed by atoms with Crippen LogP contribution in [-0.4, -0.2) is 27.3 Å². The van der Waals surface area contributed by atoms with Crippen LogP contribution in [0.2, 0.25) is 5.02 Å². The van der Waals surface area contributed by atoms with Gasteiger partial charge < -0.3 is 15.6 Å². The first-order chi connectivity index (χ1) is 11.6. The van der Waals surface area contributed by atoms with Crippen molar-refractivity contribution in [1.82, 2.24) is 14.9 Å². The zero-order valence-electron chi connectivity index (χ0n) is 13.0. The Hall–Kier alpha value is -2.05. The van der Waals surface area contributed by atoms with E-state index in [4.69, 9.17) is 17.3 Å². The smallest absolute Gasteiger partial charge is 0.223 e. The summed E-state index contributed by atoms with van der Waals surface area (Å²) in [6.07, 6.45) is 1.94. The third-order valence-electron chi connectivity index (χ3n) is 4.45. The minimum absolute atomic E-state index is 0.156. The van der Waals surface area contributed by atoms with Crippen molar-refractivity contribution < 1.29 is 4.79 Å². The number of nitrogens with zero attached hydrogens (tertiary/aromatic N) is 2. The van der Waals surface area contributed by atoms with E-state index in [0.29, 0.717) is 29.5 Å². The Morgan fingerprint density at radius 3 is 3.12 bits per heavy atom. The van der Waals surface area contributed by atoms with E-state index in [1.807, 2.05) is 28.5 Å². The summed E-state index contributed by atoms with van der Waals surface area (Å²) >= 11 is 7.54. The maximum atomic E-state index is 12.5. The number of aromatic amines is 1. The number of carbonyl (C=O) groups is 1. The highest BCUT2D eigenvalue weighted by atomic mass is 35.5. The van der Waals surface area contributed by atoms with Crippen LogP contribution in [0.3, 0.4) is 0 Å². The van der Waals surface area contributed by atoms with Gasteiger partial charge in [-0.15, -0.1) is 11.3 Å². The number of benzene rings is 1. The zero-order valence-corrected chi connectivity index (χ0v) is 14.6. The maximum absolute atomic E-state index is 12.5. The first kappa shape index (κ1) is 15.5. The minimum atomic E-state index is 0.156. The van der Waals surface area contributed by atoms with Crippen LogP contribution in [0.4, 0.5) is 5.13 Å². The molecule has 0 saturated heterocycles. The van der Waals surface area contributed by atoms with Crippen LogP contribution in [0, 0.1) is 0 Å². The molecule has 1 aliphatic heterocycles. The molecule has 1 amide bonds. The second-order valence-corrected chi connectivity index (χ2v) is 7.34. The summed E-state index contributed by atoms with van der Waals surface area (Å²) < 4.78 is 0. The molecule has 0 atom stereocenters. The number of amides is 1. The third kappa shape index (κ3) is 2.87. The lowest BCUT2D eigenvalue weighted by molar-refractivity contribution is -0.132. The number of hydrogen-bond acceptors (Lipinski definition) is 4. The molecule has 1 aliphatic rings. The van der Waals surface area contributed by atoms with E-state index in [1.54, 1.807) is 0 Å². The van der Waals surface area contributed by atoms with Crippen molar-refractivity contribution in [2.24, 2.45) is 0 Å². The molecule has 2 aromatic heterocycles. The number of hydrogen-bond donors (Lipinski definition) is 2. The van der Waals surface area contributed by atoms with Crippen molar-refractivity contribution >= 4 is 44.9 Å². The van der Waals surface area contributed by atoms with Crippen molar-refractivity contribution in [2.75, 3.05) is 12.3 Å². The van der Waals surface area contributed by atoms with Gasteiger partial charge in [0.2, 0.25) is 5.91 Å². The van der Waals surface area contributed by atoms with Gasteiger partial charge in [0.1, 0.15) is 0 Å². The summed E-state index contributed by atoms with van der Waals surface area (Å²) in [6.45, 7) is 1.37. The van der Waals surface area contributed by atoms with E-state index in [1.165, 1.54) is 22.6 Å². The molecule has 3 heterocycles. The number of fused-ring (bicyclic) bond motifs is 3. The number of carbonyl (C=O) groups excluding carboxylic acids is 1. The van der Waals surface area contributed by atoms with Crippen LogP contribution in [0.25, 0.3) is 10.9 Å². The Morgan fingerprint density at radius 1 is 1.46 bits per heavy atom. The van der Waals surface area contributed by atoms with Crippen LogP contribution in [0.15, 0.2) is 23.6 Å². The quantitative estimate of drug-likeness (QED) is 0.751. The van der Waals surface area contributed by atoms with Crippen molar-refractivity contribution in [3.8, 4) is 0 Å². The SMILES string of the molecule is Nc1nc(CCC(=O)N2CCc3[nH]c4ccc(Cl)cc4c3C2)cs1. The van der Waals surface area contributed by atoms with E-state index in [9.17, 15) is 4.79 Å². The second-order valence-electron chi connectivity index (χ2n) is 6.01. The summed E-state index contributed by atoms with van der Waals surface area (Å²) in [4.78, 5) is 22.1. The van der Waals surface area contributed by atoms with Gasteiger partial charge in [-0.3, -0.25) is 4.79 Å². The van der Waals surface area contributed by atoms with E-state index in [2.05, 4.69) is 9.97 Å². The lowest BCUT2D eigenvalue weighted by Gasteiger charge is -2.27. The molecule has 0 spiro atoms. The number of H-pyrrole nitrogens is 1. The fourth-order valence-corrected chi connectivity index (χ4v) is 4.00. The number of anilines is 1. The van der Waals surface area contributed by atoms with Crippen LogP contribution in [0.1, 0.15) is 23.4 Å². The summed E-state index contributed by atoms with van der Waals surface area (Å²) in [5.41, 5.74) is 10.0. The molecule has 0 fully saturated rings. The predicted octanol–water partition coefficient (Wildman–Crippen LogP) is 3.38. The maximum Gasteiger partial charge on any atom is 0.223 e. The number of nitrogens with two attached hydrogens (primary N) is 1. The number of nitrogen functional groups attached to an aromatic ring is 1. The van der Waals surface area contributed by atoms with Gasteiger partial charge in [-0.2, -0.15) is 0 Å². The lowest BCUT2D eigenvalue weighted by Crippen LogP contribution is -2.35. The van der Waals surface area contributed by atoms with Gasteiger partial charge in [0.15, 0.2) is 5.13 Å². The van der Waals surface area contributed by atoms with E-state index >= 15 is 0 Å². The highest BCUT2D eigenvalue weighted by Gasteiger charge is 2.24. The van der Waals surface area contributed by atoms with Crippen molar-refractivity contribution in [2.45, 2.75) is 25.8 Å². The molecule has 0 aliphatic carbocycles. The fraction of sp³-hybridized carbons (Fsp3) is 0.294. The van der Waals surface area contributed by atoms with Crippen molar-refractivity contribution in [1.29, 1.82) is 0 Å². The van der Waals surface area contributed by atoms with Gasteiger partial charge >= 0.3 is 0 Å². The van der Waals surface area contributed by atoms with E-state index in [-0.39, 0.29) is 5.91 Å². The average molecular weight is 361 g/mol. The summed E-state index contributed by atoms with van der Waals surface area (Å²) in [6, 6.07) is 5.85. The highest BCUT2D eigenvalue weighted by molar-refractivity contribution is 7.13. The normalized spacial score (nSPS) is 14.1. The van der Waals surface area contributed by atoms with Gasteiger partial charge in [0, 0.05) is 58.5 Å². The standard InChI is InChI=1S/C17H17ClN4OS/c18-10-1-3-14-12(7-10)13-8-22(6-5-15(13)21-14)16(23)4-2-11-9-24-17(19)20-11/h1,3,7,9,21H,2,4-6,8H2,(H2,19,20). The predicted molar refractivity (Wildman–Crippen MR) is 97.3 cm³/mol. The number of rotatable bonds is 3. The van der Waals surface area contributed by atoms with Crippen LogP contribution >= 0.6 is 22.9 Å². The number of aromatic nitrogens is 2. The van der Waals surface area contributed by atoms with Crippen LogP contribution in [0.5, 0.6) is 0 Å². The number of halogens is 1. The molecule has 0 unspecified atom stereocenters. The number of thiazole rings is 1. The third-order valence-corrected chi connectivity index (χ3v) is 5.41. The summed E-state index contributed by atoms with van der Waals surface area (Å²) in [7, 11) is 0. The monoisotopic (exact) mass is 360 g/mol. The Kier molecular flexibility index (Phi) is 3.94. The van der Waals surface area contributed by atoms with Gasteiger partial charge in [0.25, 0.3) is 0 Å². The Bertz CT molecular complexity index is 917. The topological polar surface area (TPSA) is 75.0 Å². The largest absolute Gasteiger partial charge is 0.375 e. The summed E-state index contributed by atoms with van der Waals surface area (Å²) in [5.74, 6) is 0.156. The molecule has 0 saturated carbocycles. The molecule has 4 rings (SSSR count). The molecular formula is C17H17ClN4OS. The lowest BCUT2D eigenvalue weighted by atomic mass is 10.0. The highest BCUT2D eigenvalue weighted by Crippen LogP contribution is 2.30. The molecule has 1 aromatic carbocycles. The van der Waals surface area contributed by atoms with Crippen LogP contribution in [-0.2, 0) is 24.2 Å². The first-order valence-corrected chi connectivity index (χ1v) is 9.12. The molecule has 3 N–H and O–H groups in total. The van der Waals surface area contributed by atoms with E-state index < -0.39 is 0 Å². The average Bonchev–Trinajstić information content (AvgIpc) is 3.15.